The van der Waals surface area contributed by atoms with Crippen molar-refractivity contribution in [2.75, 3.05) is 26.2 Å². The topological polar surface area (TPSA) is 99.9 Å². The van der Waals surface area contributed by atoms with Crippen LogP contribution in [0.3, 0.4) is 0 Å². The normalized spacial score (nSPS) is 16.0. The molecule has 0 aliphatic carbocycles. The van der Waals surface area contributed by atoms with Gasteiger partial charge in [-0.1, -0.05) is 25.1 Å². The van der Waals surface area contributed by atoms with Gasteiger partial charge in [0, 0.05) is 26.2 Å². The van der Waals surface area contributed by atoms with Gasteiger partial charge in [-0.05, 0) is 30.7 Å². The lowest BCUT2D eigenvalue weighted by molar-refractivity contribution is -0.134. The highest BCUT2D eigenvalue weighted by Gasteiger charge is 2.31. The Balaban J connectivity index is 1.61. The summed E-state index contributed by atoms with van der Waals surface area (Å²) in [6.07, 6.45) is 1.77. The average molecular weight is 405 g/mol. The van der Waals surface area contributed by atoms with Crippen molar-refractivity contribution in [3.8, 4) is 0 Å². The second-order valence-electron chi connectivity index (χ2n) is 6.49. The van der Waals surface area contributed by atoms with E-state index < -0.39 is 16.1 Å². The second-order valence-corrected chi connectivity index (χ2v) is 8.20. The Morgan fingerprint density at radius 2 is 1.68 bits per heavy atom. The molecule has 2 amide bonds. The predicted molar refractivity (Wildman–Crippen MR) is 102 cm³/mol. The number of hydrogen-bond acceptors (Lipinski definition) is 5. The number of hydrogen-bond donors (Lipinski definition) is 1. The summed E-state index contributed by atoms with van der Waals surface area (Å²) < 4.78 is 32.7. The third-order valence-corrected chi connectivity index (χ3v) is 6.16. The lowest BCUT2D eigenvalue weighted by Crippen LogP contribution is -2.55. The Bertz CT molecular complexity index is 904. The van der Waals surface area contributed by atoms with Gasteiger partial charge in [0.05, 0.1) is 11.2 Å². The van der Waals surface area contributed by atoms with Gasteiger partial charge >= 0.3 is 0 Å². The minimum Gasteiger partial charge on any atom is -0.459 e. The summed E-state index contributed by atoms with van der Waals surface area (Å²) in [6.45, 7) is 3.18. The van der Waals surface area contributed by atoms with Gasteiger partial charge in [-0.2, -0.15) is 4.72 Å². The van der Waals surface area contributed by atoms with Gasteiger partial charge < -0.3 is 14.2 Å². The molecule has 9 heteroatoms. The van der Waals surface area contributed by atoms with Crippen LogP contribution in [0.15, 0.2) is 58.0 Å². The summed E-state index contributed by atoms with van der Waals surface area (Å²) in [4.78, 5) is 28.5. The first-order valence-electron chi connectivity index (χ1n) is 9.11. The first-order valence-corrected chi connectivity index (χ1v) is 10.6. The molecule has 1 aliphatic heterocycles. The van der Waals surface area contributed by atoms with Gasteiger partial charge in [-0.15, -0.1) is 0 Å². The zero-order valence-electron chi connectivity index (χ0n) is 15.6. The monoisotopic (exact) mass is 405 g/mol. The van der Waals surface area contributed by atoms with Crippen molar-refractivity contribution in [1.82, 2.24) is 14.5 Å². The Labute approximate surface area is 164 Å². The Hall–Kier alpha value is -2.65. The molecule has 8 nitrogen and oxygen atoms in total. The first kappa shape index (κ1) is 20.1. The summed E-state index contributed by atoms with van der Waals surface area (Å²) in [7, 11) is -3.78. The predicted octanol–water partition coefficient (Wildman–Crippen LogP) is 1.32. The minimum atomic E-state index is -3.78. The fraction of sp³-hybridized carbons (Fsp3) is 0.368. The highest BCUT2D eigenvalue weighted by atomic mass is 32.2. The number of rotatable bonds is 6. The number of piperazine rings is 1. The Morgan fingerprint density at radius 3 is 2.25 bits per heavy atom. The standard InChI is InChI=1S/C19H23N3O5S/c1-2-16(20-28(25,26)15-7-4-3-5-8-15)18(23)21-10-12-22(13-11-21)19(24)17-9-6-14-27-17/h3-9,14,16,20H,2,10-13H2,1H3/t16-/m0/s1. The van der Waals surface area contributed by atoms with E-state index in [0.29, 0.717) is 32.6 Å². The summed E-state index contributed by atoms with van der Waals surface area (Å²) in [5.74, 6) is -0.233. The number of carbonyl (C=O) groups excluding carboxylic acids is 2. The van der Waals surface area contributed by atoms with E-state index in [0.717, 1.165) is 0 Å². The molecule has 150 valence electrons. The smallest absolute Gasteiger partial charge is 0.289 e. The van der Waals surface area contributed by atoms with E-state index in [2.05, 4.69) is 4.72 Å². The van der Waals surface area contributed by atoms with Crippen LogP contribution in [0.1, 0.15) is 23.9 Å². The number of nitrogens with zero attached hydrogens (tertiary/aromatic N) is 2. The van der Waals surface area contributed by atoms with E-state index in [9.17, 15) is 18.0 Å². The molecular formula is C19H23N3O5S. The van der Waals surface area contributed by atoms with Crippen LogP contribution in [-0.4, -0.2) is 62.3 Å². The number of carbonyl (C=O) groups is 2. The zero-order valence-corrected chi connectivity index (χ0v) is 16.4. The molecule has 28 heavy (non-hydrogen) atoms. The molecule has 1 atom stereocenters. The van der Waals surface area contributed by atoms with Crippen LogP contribution in [0.2, 0.25) is 0 Å². The quantitative estimate of drug-likeness (QED) is 0.781. The summed E-state index contributed by atoms with van der Waals surface area (Å²) in [6, 6.07) is 10.4. The molecule has 2 aromatic rings. The number of benzene rings is 1. The highest BCUT2D eigenvalue weighted by molar-refractivity contribution is 7.89. The molecule has 1 N–H and O–H groups in total. The number of sulfonamides is 1. The maximum atomic E-state index is 12.8. The molecule has 0 radical (unpaired) electrons. The largest absolute Gasteiger partial charge is 0.459 e. The van der Waals surface area contributed by atoms with Crippen LogP contribution in [-0.2, 0) is 14.8 Å². The van der Waals surface area contributed by atoms with Gasteiger partial charge in [0.2, 0.25) is 15.9 Å². The van der Waals surface area contributed by atoms with Crippen LogP contribution in [0.5, 0.6) is 0 Å². The molecule has 1 aromatic heterocycles. The van der Waals surface area contributed by atoms with Crippen molar-refractivity contribution in [2.45, 2.75) is 24.3 Å². The molecule has 1 aromatic carbocycles. The highest BCUT2D eigenvalue weighted by Crippen LogP contribution is 2.13. The van der Waals surface area contributed by atoms with E-state index in [4.69, 9.17) is 4.42 Å². The Morgan fingerprint density at radius 1 is 1.04 bits per heavy atom. The van der Waals surface area contributed by atoms with E-state index in [1.807, 2.05) is 0 Å². The van der Waals surface area contributed by atoms with Gasteiger partial charge in [-0.25, -0.2) is 8.42 Å². The molecule has 0 spiro atoms. The zero-order chi connectivity index (χ0) is 20.1. The number of amides is 2. The first-order chi connectivity index (χ1) is 13.4. The number of furan rings is 1. The van der Waals surface area contributed by atoms with Crippen molar-refractivity contribution in [1.29, 1.82) is 0 Å². The third kappa shape index (κ3) is 4.42. The van der Waals surface area contributed by atoms with Crippen molar-refractivity contribution >= 4 is 21.8 Å². The molecule has 0 unspecified atom stereocenters. The SMILES string of the molecule is CC[C@H](NS(=O)(=O)c1ccccc1)C(=O)N1CCN(C(=O)c2ccco2)CC1. The fourth-order valence-corrected chi connectivity index (χ4v) is 4.36. The van der Waals surface area contributed by atoms with Gasteiger partial charge in [0.15, 0.2) is 5.76 Å². The third-order valence-electron chi connectivity index (χ3n) is 4.67. The molecule has 0 saturated carbocycles. The summed E-state index contributed by atoms with van der Waals surface area (Å²) >= 11 is 0. The maximum Gasteiger partial charge on any atom is 0.289 e. The summed E-state index contributed by atoms with van der Waals surface area (Å²) in [5, 5.41) is 0. The van der Waals surface area contributed by atoms with Crippen molar-refractivity contribution in [3.63, 3.8) is 0 Å². The van der Waals surface area contributed by atoms with Crippen LogP contribution in [0, 0.1) is 0 Å². The van der Waals surface area contributed by atoms with Gasteiger partial charge in [0.1, 0.15) is 6.04 Å². The molecule has 3 rings (SSSR count). The average Bonchev–Trinajstić information content (AvgIpc) is 3.26. The molecule has 1 saturated heterocycles. The van der Waals surface area contributed by atoms with Gasteiger partial charge in [0.25, 0.3) is 5.91 Å². The van der Waals surface area contributed by atoms with Crippen LogP contribution in [0.4, 0.5) is 0 Å². The van der Waals surface area contributed by atoms with E-state index in [-0.39, 0.29) is 22.5 Å². The van der Waals surface area contributed by atoms with E-state index in [1.165, 1.54) is 18.4 Å². The Kier molecular flexibility index (Phi) is 6.15. The van der Waals surface area contributed by atoms with E-state index >= 15 is 0 Å². The van der Waals surface area contributed by atoms with Crippen LogP contribution < -0.4 is 4.72 Å². The molecule has 2 heterocycles. The van der Waals surface area contributed by atoms with Crippen molar-refractivity contribution in [2.24, 2.45) is 0 Å². The molecule has 1 fully saturated rings. The van der Waals surface area contributed by atoms with E-state index in [1.54, 1.807) is 47.1 Å². The van der Waals surface area contributed by atoms with Crippen molar-refractivity contribution < 1.29 is 22.4 Å². The van der Waals surface area contributed by atoms with Crippen molar-refractivity contribution in [3.05, 3.63) is 54.5 Å². The maximum absolute atomic E-state index is 12.8. The van der Waals surface area contributed by atoms with Crippen LogP contribution >= 0.6 is 0 Å². The fourth-order valence-electron chi connectivity index (χ4n) is 3.07. The van der Waals surface area contributed by atoms with Gasteiger partial charge in [-0.3, -0.25) is 9.59 Å². The molecular weight excluding hydrogens is 382 g/mol. The molecule has 0 bridgehead atoms. The van der Waals surface area contributed by atoms with Crippen LogP contribution in [0.25, 0.3) is 0 Å². The summed E-state index contributed by atoms with van der Waals surface area (Å²) in [5.41, 5.74) is 0. The molecule has 1 aliphatic rings. The second kappa shape index (κ2) is 8.57. The lowest BCUT2D eigenvalue weighted by Gasteiger charge is -2.36. The lowest BCUT2D eigenvalue weighted by atomic mass is 10.2. The number of nitrogens with one attached hydrogen (secondary N) is 1. The minimum absolute atomic E-state index is 0.120.